The van der Waals surface area contributed by atoms with Crippen molar-refractivity contribution in [3.8, 4) is 0 Å². The summed E-state index contributed by atoms with van der Waals surface area (Å²) in [6, 6.07) is 2.09. The molecule has 17 heavy (non-hydrogen) atoms. The fourth-order valence-corrected chi connectivity index (χ4v) is 3.08. The van der Waals surface area contributed by atoms with Crippen LogP contribution in [0.3, 0.4) is 0 Å². The molecule has 0 unspecified atom stereocenters. The highest BCUT2D eigenvalue weighted by molar-refractivity contribution is 5.95. The number of esters is 1. The zero-order valence-electron chi connectivity index (χ0n) is 10.2. The van der Waals surface area contributed by atoms with Gasteiger partial charge in [0.1, 0.15) is 6.61 Å². The maximum atomic E-state index is 11.6. The monoisotopic (exact) mass is 232 g/mol. The van der Waals surface area contributed by atoms with E-state index < -0.39 is 0 Å². The van der Waals surface area contributed by atoms with Gasteiger partial charge in [0.05, 0.1) is 5.56 Å². The van der Waals surface area contributed by atoms with Crippen LogP contribution < -0.4 is 0 Å². The van der Waals surface area contributed by atoms with E-state index in [9.17, 15) is 9.90 Å². The summed E-state index contributed by atoms with van der Waals surface area (Å²) in [5.41, 5.74) is 5.26. The summed E-state index contributed by atoms with van der Waals surface area (Å²) in [5, 5.41) is 9.46. The number of carbonyl (C=O) groups is 1. The number of ether oxygens (including phenoxy) is 1. The fourth-order valence-electron chi connectivity index (χ4n) is 3.08. The third-order valence-corrected chi connectivity index (χ3v) is 4.05. The predicted octanol–water partition coefficient (Wildman–Crippen LogP) is 1.76. The molecule has 0 fully saturated rings. The van der Waals surface area contributed by atoms with Crippen molar-refractivity contribution in [2.24, 2.45) is 5.41 Å². The highest BCUT2D eigenvalue weighted by Crippen LogP contribution is 2.41. The van der Waals surface area contributed by atoms with Crippen molar-refractivity contribution in [2.75, 3.05) is 6.61 Å². The maximum Gasteiger partial charge on any atom is 0.339 e. The Kier molecular flexibility index (Phi) is 2.11. The van der Waals surface area contributed by atoms with Gasteiger partial charge in [0.15, 0.2) is 0 Å². The number of hydrogen-bond acceptors (Lipinski definition) is 3. The maximum absolute atomic E-state index is 11.6. The van der Waals surface area contributed by atoms with Crippen LogP contribution in [0.15, 0.2) is 6.07 Å². The Morgan fingerprint density at radius 2 is 2.18 bits per heavy atom. The van der Waals surface area contributed by atoms with Crippen LogP contribution in [0, 0.1) is 12.3 Å². The molecule has 3 heteroatoms. The van der Waals surface area contributed by atoms with Crippen molar-refractivity contribution in [1.82, 2.24) is 0 Å². The Morgan fingerprint density at radius 3 is 2.88 bits per heavy atom. The summed E-state index contributed by atoms with van der Waals surface area (Å²) in [4.78, 5) is 11.6. The van der Waals surface area contributed by atoms with Crippen molar-refractivity contribution in [1.29, 1.82) is 0 Å². The quantitative estimate of drug-likeness (QED) is 0.750. The second kappa shape index (κ2) is 3.33. The molecule has 3 rings (SSSR count). The van der Waals surface area contributed by atoms with Gasteiger partial charge in [-0.1, -0.05) is 13.0 Å². The molecule has 1 aliphatic heterocycles. The Labute approximate surface area is 100 Å². The van der Waals surface area contributed by atoms with E-state index in [1.165, 1.54) is 11.1 Å². The summed E-state index contributed by atoms with van der Waals surface area (Å²) in [6.07, 6.45) is 1.74. The van der Waals surface area contributed by atoms with Gasteiger partial charge < -0.3 is 9.84 Å². The van der Waals surface area contributed by atoms with Crippen molar-refractivity contribution in [3.63, 3.8) is 0 Å². The zero-order chi connectivity index (χ0) is 12.2. The summed E-state index contributed by atoms with van der Waals surface area (Å²) in [5.74, 6) is -0.196. The first-order valence-corrected chi connectivity index (χ1v) is 5.96. The van der Waals surface area contributed by atoms with Gasteiger partial charge in [-0.15, -0.1) is 0 Å². The van der Waals surface area contributed by atoms with E-state index in [1.54, 1.807) is 0 Å². The third-order valence-electron chi connectivity index (χ3n) is 4.05. The molecule has 0 saturated carbocycles. The normalized spacial score (nSPS) is 25.7. The van der Waals surface area contributed by atoms with Gasteiger partial charge in [-0.25, -0.2) is 4.79 Å². The lowest BCUT2D eigenvalue weighted by atomic mass is 9.88. The zero-order valence-corrected chi connectivity index (χ0v) is 10.2. The molecule has 1 atom stereocenters. The van der Waals surface area contributed by atoms with Gasteiger partial charge in [0.2, 0.25) is 0 Å². The smallest absolute Gasteiger partial charge is 0.339 e. The van der Waals surface area contributed by atoms with E-state index in [4.69, 9.17) is 4.74 Å². The Bertz CT molecular complexity index is 519. The van der Waals surface area contributed by atoms with Crippen molar-refractivity contribution >= 4 is 5.97 Å². The first-order valence-electron chi connectivity index (χ1n) is 5.96. The number of benzene rings is 1. The molecule has 1 N–H and O–H groups in total. The molecule has 2 aliphatic rings. The van der Waals surface area contributed by atoms with Gasteiger partial charge >= 0.3 is 5.97 Å². The van der Waals surface area contributed by atoms with E-state index in [0.29, 0.717) is 6.61 Å². The largest absolute Gasteiger partial charge is 0.457 e. The molecule has 0 amide bonds. The molecule has 1 heterocycles. The predicted molar refractivity (Wildman–Crippen MR) is 62.9 cm³/mol. The van der Waals surface area contributed by atoms with Gasteiger partial charge in [-0.05, 0) is 41.9 Å². The first-order chi connectivity index (χ1) is 8.04. The van der Waals surface area contributed by atoms with E-state index in [1.807, 2.05) is 6.92 Å². The molecule has 0 aromatic heterocycles. The van der Waals surface area contributed by atoms with E-state index in [-0.39, 0.29) is 18.0 Å². The number of hydrogen-bond donors (Lipinski definition) is 1. The van der Waals surface area contributed by atoms with Crippen LogP contribution in [0.1, 0.15) is 39.5 Å². The number of cyclic esters (lactones) is 1. The molecule has 0 bridgehead atoms. The minimum absolute atomic E-state index is 0.0634. The summed E-state index contributed by atoms with van der Waals surface area (Å²) in [6.45, 7) is 4.68. The lowest BCUT2D eigenvalue weighted by Gasteiger charge is -2.19. The molecule has 1 aromatic rings. The molecule has 3 nitrogen and oxygen atoms in total. The topological polar surface area (TPSA) is 46.5 Å². The molecule has 0 saturated heterocycles. The average Bonchev–Trinajstić information content (AvgIpc) is 2.81. The molecular weight excluding hydrogens is 216 g/mol. The van der Waals surface area contributed by atoms with Crippen LogP contribution in [-0.4, -0.2) is 17.7 Å². The Morgan fingerprint density at radius 1 is 1.41 bits per heavy atom. The van der Waals surface area contributed by atoms with Crippen LogP contribution in [0.4, 0.5) is 0 Å². The molecule has 90 valence electrons. The molecule has 0 spiro atoms. The highest BCUT2D eigenvalue weighted by atomic mass is 16.5. The fraction of sp³-hybridized carbons (Fsp3) is 0.500. The average molecular weight is 232 g/mol. The van der Waals surface area contributed by atoms with Crippen molar-refractivity contribution in [2.45, 2.75) is 33.3 Å². The lowest BCUT2D eigenvalue weighted by Crippen LogP contribution is -2.21. The lowest BCUT2D eigenvalue weighted by molar-refractivity contribution is 0.0534. The molecule has 1 aromatic carbocycles. The van der Waals surface area contributed by atoms with Gasteiger partial charge in [-0.3, -0.25) is 0 Å². The summed E-state index contributed by atoms with van der Waals surface area (Å²) in [7, 11) is 0. The van der Waals surface area contributed by atoms with Crippen LogP contribution >= 0.6 is 0 Å². The standard InChI is InChI=1S/C14H16O3/c1-8-11-5-14(2,7-15)4-9(11)3-10-6-17-13(16)12(8)10/h3,15H,4-7H2,1-2H3/t14-/m1/s1. The number of fused-ring (bicyclic) bond motifs is 2. The van der Waals surface area contributed by atoms with E-state index >= 15 is 0 Å². The minimum Gasteiger partial charge on any atom is -0.457 e. The van der Waals surface area contributed by atoms with Gasteiger partial charge in [0.25, 0.3) is 0 Å². The SMILES string of the molecule is Cc1c2c(cc3c1C(=O)OC3)C[C@@](C)(CO)C2. The first kappa shape index (κ1) is 10.8. The number of aliphatic hydroxyl groups is 1. The second-order valence-electron chi connectivity index (χ2n) is 5.57. The minimum atomic E-state index is -0.196. The van der Waals surface area contributed by atoms with Crippen molar-refractivity contribution < 1.29 is 14.6 Å². The molecule has 0 radical (unpaired) electrons. The van der Waals surface area contributed by atoms with Crippen LogP contribution in [-0.2, 0) is 24.2 Å². The second-order valence-corrected chi connectivity index (χ2v) is 5.57. The summed E-state index contributed by atoms with van der Waals surface area (Å²) >= 11 is 0. The van der Waals surface area contributed by atoms with Gasteiger partial charge in [0, 0.05) is 12.2 Å². The van der Waals surface area contributed by atoms with Gasteiger partial charge in [-0.2, -0.15) is 0 Å². The molecule has 1 aliphatic carbocycles. The van der Waals surface area contributed by atoms with Crippen LogP contribution in [0.25, 0.3) is 0 Å². The Hall–Kier alpha value is -1.35. The van der Waals surface area contributed by atoms with E-state index in [2.05, 4.69) is 13.0 Å². The molecular formula is C14H16O3. The number of rotatable bonds is 1. The van der Waals surface area contributed by atoms with E-state index in [0.717, 1.165) is 29.5 Å². The van der Waals surface area contributed by atoms with Crippen LogP contribution in [0.5, 0.6) is 0 Å². The van der Waals surface area contributed by atoms with Crippen molar-refractivity contribution in [3.05, 3.63) is 33.9 Å². The van der Waals surface area contributed by atoms with Crippen LogP contribution in [0.2, 0.25) is 0 Å². The Balaban J connectivity index is 2.15. The number of carbonyl (C=O) groups excluding carboxylic acids is 1. The number of aliphatic hydroxyl groups excluding tert-OH is 1. The summed E-state index contributed by atoms with van der Waals surface area (Å²) < 4.78 is 5.07. The highest BCUT2D eigenvalue weighted by Gasteiger charge is 2.36. The third kappa shape index (κ3) is 1.42.